The molecule has 20 heteroatoms. The van der Waals surface area contributed by atoms with Gasteiger partial charge in [-0.1, -0.05) is 26.0 Å². The zero-order chi connectivity index (χ0) is 43.2. The third-order valence-corrected chi connectivity index (χ3v) is 10.9. The van der Waals surface area contributed by atoms with Gasteiger partial charge in [0.05, 0.1) is 25.7 Å². The number of benzene rings is 1. The van der Waals surface area contributed by atoms with Gasteiger partial charge in [-0.15, -0.1) is 0 Å². The van der Waals surface area contributed by atoms with Crippen molar-refractivity contribution >= 4 is 79.3 Å². The predicted octanol–water partition coefficient (Wildman–Crippen LogP) is 1.78. The average Bonchev–Trinajstić information content (AvgIpc) is 3.24. The van der Waals surface area contributed by atoms with Crippen molar-refractivity contribution in [3.8, 4) is 0 Å². The van der Waals surface area contributed by atoms with Crippen molar-refractivity contribution in [3.05, 3.63) is 29.8 Å². The molecule has 0 radical (unpaired) electrons. The Morgan fingerprint density at radius 3 is 2.12 bits per heavy atom. The van der Waals surface area contributed by atoms with Crippen molar-refractivity contribution in [2.24, 2.45) is 0 Å². The Bertz CT molecular complexity index is 1590. The van der Waals surface area contributed by atoms with Crippen LogP contribution < -0.4 is 10.6 Å². The van der Waals surface area contributed by atoms with E-state index in [1.54, 1.807) is 35.8 Å². The maximum absolute atomic E-state index is 14.4. The van der Waals surface area contributed by atoms with E-state index in [0.29, 0.717) is 70.5 Å². The van der Waals surface area contributed by atoms with Gasteiger partial charge in [0.25, 0.3) is 11.9 Å². The topological polar surface area (TPSA) is 210 Å². The number of aliphatic carboxylic acids is 1. The fourth-order valence-electron chi connectivity index (χ4n) is 6.44. The monoisotopic (exact) mass is 864 g/mol. The number of carbonyl (C=O) groups excluding carboxylic acids is 6. The fourth-order valence-corrected chi connectivity index (χ4v) is 7.31. The van der Waals surface area contributed by atoms with Gasteiger partial charge in [0, 0.05) is 89.8 Å². The molecule has 0 aliphatic carbocycles. The molecule has 1 aromatic carbocycles. The highest BCUT2D eigenvalue weighted by Crippen LogP contribution is 2.18. The number of hydrogen-bond acceptors (Lipinski definition) is 15. The van der Waals surface area contributed by atoms with Crippen LogP contribution in [0.5, 0.6) is 0 Å². The summed E-state index contributed by atoms with van der Waals surface area (Å²) in [4.78, 5) is 91.1. The molecule has 59 heavy (non-hydrogen) atoms. The van der Waals surface area contributed by atoms with Gasteiger partial charge >= 0.3 is 21.2 Å². The Kier molecular flexibility index (Phi) is 22.9. The summed E-state index contributed by atoms with van der Waals surface area (Å²) in [6, 6.07) is 6.19. The number of thiocarbonyl (C=S) groups is 1. The van der Waals surface area contributed by atoms with Crippen LogP contribution in [-0.4, -0.2) is 172 Å². The molecule has 0 aromatic heterocycles. The third-order valence-electron chi connectivity index (χ3n) is 9.77. The second kappa shape index (κ2) is 27.2. The van der Waals surface area contributed by atoms with Crippen LogP contribution in [0.1, 0.15) is 70.8 Å². The number of carbonyl (C=O) groups is 7. The molecular weight excluding hydrogens is 808 g/mol. The first-order chi connectivity index (χ1) is 28.2. The van der Waals surface area contributed by atoms with Gasteiger partial charge < -0.3 is 36.3 Å². The molecule has 2 heterocycles. The fraction of sp³-hybridized carbons (Fsp3) is 0.641. The van der Waals surface area contributed by atoms with Crippen LogP contribution in [0.4, 0.5) is 9.21 Å². The molecule has 3 rings (SSSR count). The maximum atomic E-state index is 14.4. The van der Waals surface area contributed by atoms with Crippen molar-refractivity contribution in [2.75, 3.05) is 84.1 Å². The lowest BCUT2D eigenvalue weighted by Crippen LogP contribution is -2.48. The lowest BCUT2D eigenvalue weighted by molar-refractivity contribution is -0.143. The molecule has 0 amide bonds. The number of carboxylic acid groups (broad SMARTS) is 1. The number of nitrogens with zero attached hydrogens (tertiary/aromatic N) is 3. The zero-order valence-corrected chi connectivity index (χ0v) is 35.9. The molecule has 2 aliphatic heterocycles. The Balaban J connectivity index is 1.66. The summed E-state index contributed by atoms with van der Waals surface area (Å²) in [6.45, 7) is 4.83. The first-order valence-electron chi connectivity index (χ1n) is 20.1. The van der Waals surface area contributed by atoms with E-state index in [0.717, 1.165) is 5.56 Å². The van der Waals surface area contributed by atoms with Crippen molar-refractivity contribution in [1.82, 2.24) is 20.0 Å². The minimum Gasteiger partial charge on any atom is -0.558 e. The second-order valence-electron chi connectivity index (χ2n) is 14.5. The summed E-state index contributed by atoms with van der Waals surface area (Å²) in [6.07, 6.45) is 2.72. The van der Waals surface area contributed by atoms with Gasteiger partial charge in [-0.05, 0) is 55.6 Å². The number of halogens is 1. The summed E-state index contributed by atoms with van der Waals surface area (Å²) < 4.78 is 34.7. The molecule has 3 N–H and O–H groups in total. The van der Waals surface area contributed by atoms with E-state index in [9.17, 15) is 42.2 Å². The molecule has 1 aromatic rings. The summed E-state index contributed by atoms with van der Waals surface area (Å²) in [5, 5.41) is 15.8. The van der Waals surface area contributed by atoms with Crippen molar-refractivity contribution < 1.29 is 59.2 Å². The molecule has 0 spiro atoms. The van der Waals surface area contributed by atoms with Gasteiger partial charge in [-0.3, -0.25) is 48.3 Å². The van der Waals surface area contributed by atoms with Crippen LogP contribution in [-0.2, 0) is 57.0 Å². The highest BCUT2D eigenvalue weighted by Gasteiger charge is 2.43. The van der Waals surface area contributed by atoms with Crippen molar-refractivity contribution in [1.29, 1.82) is 0 Å². The van der Waals surface area contributed by atoms with E-state index in [1.165, 1.54) is 0 Å². The number of ether oxygens (including phenoxy) is 2. The lowest BCUT2D eigenvalue weighted by atomic mass is 10.00. The molecule has 17 nitrogen and oxygen atoms in total. The van der Waals surface area contributed by atoms with Crippen LogP contribution in [0.15, 0.2) is 24.3 Å². The van der Waals surface area contributed by atoms with Gasteiger partial charge in [0.1, 0.15) is 19.0 Å². The first kappa shape index (κ1) is 49.6. The number of rotatable bonds is 24. The number of fused-ring (bicyclic) bond motifs is 3. The van der Waals surface area contributed by atoms with E-state index >= 15 is 0 Å². The van der Waals surface area contributed by atoms with Gasteiger partial charge in [0.2, 0.25) is 0 Å². The summed E-state index contributed by atoms with van der Waals surface area (Å²) >= 11 is 1.55. The maximum Gasteiger partial charge on any atom is 1.15 e. The van der Waals surface area contributed by atoms with Crippen molar-refractivity contribution in [3.63, 3.8) is 0 Å². The Morgan fingerprint density at radius 1 is 0.881 bits per heavy atom. The highest BCUT2D eigenvalue weighted by molar-refractivity contribution is 7.80. The highest BCUT2D eigenvalue weighted by atomic mass is 32.1. The number of carboxylic acids is 1. The Hall–Kier alpha value is -3.74. The quantitative estimate of drug-likeness (QED) is 0.0769. The second-order valence-corrected chi connectivity index (χ2v) is 15.9. The van der Waals surface area contributed by atoms with E-state index in [1.807, 2.05) is 17.0 Å². The number of nitrogens with one attached hydrogen (secondary N) is 2. The number of ketones is 4. The van der Waals surface area contributed by atoms with Crippen LogP contribution in [0.3, 0.4) is 0 Å². The first-order valence-corrected chi connectivity index (χ1v) is 21.9. The van der Waals surface area contributed by atoms with E-state index in [2.05, 4.69) is 10.6 Å². The lowest BCUT2D eigenvalue weighted by Gasteiger charge is -2.33. The van der Waals surface area contributed by atoms with E-state index in [4.69, 9.17) is 29.3 Å². The molecule has 326 valence electrons. The van der Waals surface area contributed by atoms with Crippen LogP contribution >= 0.6 is 12.2 Å². The molecule has 2 fully saturated rings. The van der Waals surface area contributed by atoms with Gasteiger partial charge in [-0.2, -0.15) is 0 Å². The minimum absolute atomic E-state index is 0.0120. The van der Waals surface area contributed by atoms with Crippen LogP contribution in [0, 0.1) is 0 Å². The molecule has 2 bridgehead atoms. The van der Waals surface area contributed by atoms with E-state index < -0.39 is 39.2 Å². The van der Waals surface area contributed by atoms with E-state index in [-0.39, 0.29) is 106 Å². The number of anilines is 1. The number of hydrogen-bond donors (Lipinski definition) is 3. The number of Topliss-reactive ketones (excluding diaryl/α,β-unsaturated/α-hetero) is 4. The molecule has 3 unspecified atom stereocenters. The van der Waals surface area contributed by atoms with Crippen molar-refractivity contribution in [2.45, 2.75) is 83.7 Å². The molecule has 0 saturated carbocycles. The predicted molar refractivity (Wildman–Crippen MR) is 218 cm³/mol. The minimum atomic E-state index is -4.03. The van der Waals surface area contributed by atoms with Gasteiger partial charge in [0.15, 0.2) is 22.5 Å². The average molecular weight is 865 g/mol. The molecular formula is C39H57AlFN5O12S. The molecule has 2 aliphatic rings. The van der Waals surface area contributed by atoms with Crippen LogP contribution in [0.25, 0.3) is 0 Å². The van der Waals surface area contributed by atoms with Gasteiger partial charge in [-0.25, -0.2) is 0 Å². The molecule has 4 atom stereocenters. The molecule has 2 saturated heterocycles. The zero-order valence-electron chi connectivity index (χ0n) is 34.0. The summed E-state index contributed by atoms with van der Waals surface area (Å²) in [7, 11) is 0. The third kappa shape index (κ3) is 20.4. The summed E-state index contributed by atoms with van der Waals surface area (Å²) in [5.41, 5.74) is 1.48. The smallest absolute Gasteiger partial charge is 0.558 e. The normalized spacial score (nSPS) is 19.5. The Labute approximate surface area is 355 Å². The SMILES string of the molecule is CCC(=O)COCCCC(=O)CC[C@H](NC(=S)Nc1ccc(CC2CN3CCN(CC(=O)O)CCN2CC(=O)[O][Al]([18F])[O]C(=O)C3)cc1)C(=O)CCCOCC(=O)CC. The standard InChI is InChI=1S/C39H59N5O12S.Al.FH/c1-3-31(45)26-55-19-5-7-33(47)13-14-34(35(48)8-6-20-56-27-32(46)4-2)41-39(57)40-29-11-9-28(10-12-29)21-30-22-43(24-37(51)52)16-15-42(23-36(49)50)17-18-44(30)25-38(53)54;;/h9-12,30,34H,3-8,13-27H2,1-2H3,(H,49,50)(H,51,52)(H,53,54)(H2,40,41,57);;1H/q;+3;/p-3/t30?,34-;;/m0../s1/i;;1-1. The summed E-state index contributed by atoms with van der Waals surface area (Å²) in [5.74, 6) is -3.00. The largest absolute Gasteiger partial charge is 1.15 e. The van der Waals surface area contributed by atoms with Crippen LogP contribution in [0.2, 0.25) is 0 Å². The Morgan fingerprint density at radius 2 is 1.49 bits per heavy atom.